The molecule has 1 rings (SSSR count). The molecule has 5 nitrogen and oxygen atoms in total. The molecule has 0 aliphatic carbocycles. The Hall–Kier alpha value is -0.860. The number of ether oxygens (including phenoxy) is 1. The van der Waals surface area contributed by atoms with E-state index in [1.165, 1.54) is 11.1 Å². The van der Waals surface area contributed by atoms with Crippen LogP contribution in [0.1, 0.15) is 31.9 Å². The number of aliphatic imine (C=N–C) groups is 1. The Bertz CT molecular complexity index is 526. The summed E-state index contributed by atoms with van der Waals surface area (Å²) in [5.41, 5.74) is 2.70. The maximum atomic E-state index is 5.58. The first-order chi connectivity index (χ1) is 11.3. The smallest absolute Gasteiger partial charge is 0.191 e. The van der Waals surface area contributed by atoms with Gasteiger partial charge in [0.2, 0.25) is 0 Å². The molecule has 1 aromatic carbocycles. The largest absolute Gasteiger partial charge is 0.379 e. The van der Waals surface area contributed by atoms with Crippen molar-refractivity contribution in [1.82, 2.24) is 15.5 Å². The molecule has 0 aliphatic heterocycles. The van der Waals surface area contributed by atoms with E-state index in [-0.39, 0.29) is 35.5 Å². The van der Waals surface area contributed by atoms with Crippen molar-refractivity contribution in [2.24, 2.45) is 10.4 Å². The summed E-state index contributed by atoms with van der Waals surface area (Å²) in [5, 5.41) is 6.76. The maximum Gasteiger partial charge on any atom is 0.191 e. The second-order valence-corrected chi connectivity index (χ2v) is 7.40. The molecular formula is C19H35IN4O. The Kier molecular flexibility index (Phi) is 11.3. The Labute approximate surface area is 170 Å². The molecule has 0 heterocycles. The molecule has 0 amide bonds. The van der Waals surface area contributed by atoms with Crippen LogP contribution in [0.15, 0.2) is 29.3 Å². The first kappa shape index (κ1) is 24.1. The van der Waals surface area contributed by atoms with E-state index in [2.05, 4.69) is 79.7 Å². The molecule has 25 heavy (non-hydrogen) atoms. The lowest BCUT2D eigenvalue weighted by Crippen LogP contribution is -2.45. The summed E-state index contributed by atoms with van der Waals surface area (Å²) in [6.07, 6.45) is 0.122. The third-order valence-corrected chi connectivity index (χ3v) is 3.98. The van der Waals surface area contributed by atoms with Gasteiger partial charge >= 0.3 is 0 Å². The van der Waals surface area contributed by atoms with Gasteiger partial charge in [0.15, 0.2) is 5.96 Å². The van der Waals surface area contributed by atoms with Gasteiger partial charge in [-0.15, -0.1) is 24.0 Å². The van der Waals surface area contributed by atoms with Crippen molar-refractivity contribution in [1.29, 1.82) is 0 Å². The van der Waals surface area contributed by atoms with Crippen molar-refractivity contribution in [3.8, 4) is 0 Å². The summed E-state index contributed by atoms with van der Waals surface area (Å²) in [4.78, 5) is 6.49. The zero-order valence-electron chi connectivity index (χ0n) is 16.7. The average Bonchev–Trinajstić information content (AvgIpc) is 2.50. The lowest BCUT2D eigenvalue weighted by atomic mass is 9.89. The van der Waals surface area contributed by atoms with Crippen LogP contribution in [0.2, 0.25) is 0 Å². The number of nitrogens with one attached hydrogen (secondary N) is 2. The van der Waals surface area contributed by atoms with Gasteiger partial charge in [-0.2, -0.15) is 0 Å². The highest BCUT2D eigenvalue weighted by molar-refractivity contribution is 14.0. The van der Waals surface area contributed by atoms with E-state index >= 15 is 0 Å². The van der Waals surface area contributed by atoms with Crippen LogP contribution >= 0.6 is 24.0 Å². The van der Waals surface area contributed by atoms with Gasteiger partial charge in [-0.05, 0) is 30.6 Å². The molecule has 0 saturated carbocycles. The van der Waals surface area contributed by atoms with Crippen LogP contribution in [0, 0.1) is 5.41 Å². The van der Waals surface area contributed by atoms with Crippen molar-refractivity contribution in [3.05, 3.63) is 35.4 Å². The standard InChI is InChI=1S/C19H34N4O.HI/c1-19(2,3)17(24-7)13-22-18(20-4)21-12-15-10-8-9-11-16(15)14-23(5)6;/h8-11,17H,12-14H2,1-7H3,(H2,20,21,22);1H. The summed E-state index contributed by atoms with van der Waals surface area (Å²) in [6.45, 7) is 8.93. The van der Waals surface area contributed by atoms with Crippen molar-refractivity contribution < 1.29 is 4.74 Å². The number of rotatable bonds is 7. The molecule has 6 heteroatoms. The van der Waals surface area contributed by atoms with Crippen LogP contribution in [-0.2, 0) is 17.8 Å². The fraction of sp³-hybridized carbons (Fsp3) is 0.632. The van der Waals surface area contributed by atoms with Gasteiger partial charge < -0.3 is 20.3 Å². The molecule has 0 fully saturated rings. The van der Waals surface area contributed by atoms with E-state index in [0.29, 0.717) is 0 Å². The van der Waals surface area contributed by atoms with Gasteiger partial charge in [-0.25, -0.2) is 0 Å². The highest BCUT2D eigenvalue weighted by atomic mass is 127. The molecule has 0 saturated heterocycles. The lowest BCUT2D eigenvalue weighted by Gasteiger charge is -2.30. The molecule has 0 aliphatic rings. The molecule has 1 atom stereocenters. The minimum absolute atomic E-state index is 0. The number of guanidine groups is 1. The van der Waals surface area contributed by atoms with Crippen LogP contribution in [0.25, 0.3) is 0 Å². The van der Waals surface area contributed by atoms with Crippen LogP contribution in [0.3, 0.4) is 0 Å². The molecule has 144 valence electrons. The summed E-state index contributed by atoms with van der Waals surface area (Å²) >= 11 is 0. The fourth-order valence-electron chi connectivity index (χ4n) is 2.56. The summed E-state index contributed by atoms with van der Waals surface area (Å²) in [6, 6.07) is 8.49. The monoisotopic (exact) mass is 462 g/mol. The normalized spacial score (nSPS) is 13.4. The number of hydrogen-bond donors (Lipinski definition) is 2. The molecule has 1 unspecified atom stereocenters. The van der Waals surface area contributed by atoms with E-state index < -0.39 is 0 Å². The van der Waals surface area contributed by atoms with Crippen molar-refractivity contribution in [2.75, 3.05) is 34.8 Å². The quantitative estimate of drug-likeness (QED) is 0.372. The number of halogens is 1. The zero-order chi connectivity index (χ0) is 18.2. The van der Waals surface area contributed by atoms with E-state index in [0.717, 1.165) is 25.6 Å². The summed E-state index contributed by atoms with van der Waals surface area (Å²) < 4.78 is 5.58. The Morgan fingerprint density at radius 3 is 2.24 bits per heavy atom. The predicted molar refractivity (Wildman–Crippen MR) is 118 cm³/mol. The van der Waals surface area contributed by atoms with Crippen molar-refractivity contribution in [3.63, 3.8) is 0 Å². The van der Waals surface area contributed by atoms with E-state index in [1.807, 2.05) is 0 Å². The van der Waals surface area contributed by atoms with Crippen molar-refractivity contribution in [2.45, 2.75) is 40.0 Å². The van der Waals surface area contributed by atoms with Crippen LogP contribution in [-0.4, -0.2) is 51.8 Å². The minimum atomic E-state index is 0. The van der Waals surface area contributed by atoms with Gasteiger partial charge in [-0.1, -0.05) is 45.0 Å². The SMILES string of the molecule is CN=C(NCc1ccccc1CN(C)C)NCC(OC)C(C)(C)C.I. The molecule has 0 aromatic heterocycles. The molecule has 2 N–H and O–H groups in total. The predicted octanol–water partition coefficient (Wildman–Crippen LogP) is 3.09. The van der Waals surface area contributed by atoms with Gasteiger partial charge in [0, 0.05) is 33.8 Å². The Morgan fingerprint density at radius 1 is 1.16 bits per heavy atom. The number of nitrogens with zero attached hydrogens (tertiary/aromatic N) is 2. The second kappa shape index (κ2) is 11.7. The number of benzene rings is 1. The maximum absolute atomic E-state index is 5.58. The first-order valence-corrected chi connectivity index (χ1v) is 8.46. The summed E-state index contributed by atoms with van der Waals surface area (Å²) in [5.74, 6) is 0.793. The molecular weight excluding hydrogens is 427 g/mol. The summed E-state index contributed by atoms with van der Waals surface area (Å²) in [7, 11) is 7.72. The average molecular weight is 462 g/mol. The molecule has 0 bridgehead atoms. The van der Waals surface area contributed by atoms with E-state index in [4.69, 9.17) is 4.74 Å². The molecule has 0 spiro atoms. The number of methoxy groups -OCH3 is 1. The zero-order valence-corrected chi connectivity index (χ0v) is 19.0. The van der Waals surface area contributed by atoms with Gasteiger partial charge in [0.05, 0.1) is 6.10 Å². The highest BCUT2D eigenvalue weighted by Crippen LogP contribution is 2.20. The van der Waals surface area contributed by atoms with Crippen LogP contribution in [0.5, 0.6) is 0 Å². The Morgan fingerprint density at radius 2 is 1.76 bits per heavy atom. The molecule has 0 radical (unpaired) electrons. The van der Waals surface area contributed by atoms with Gasteiger partial charge in [-0.3, -0.25) is 4.99 Å². The lowest BCUT2D eigenvalue weighted by molar-refractivity contribution is 0.0205. The molecule has 1 aromatic rings. The van der Waals surface area contributed by atoms with Gasteiger partial charge in [0.25, 0.3) is 0 Å². The van der Waals surface area contributed by atoms with E-state index in [9.17, 15) is 0 Å². The highest BCUT2D eigenvalue weighted by Gasteiger charge is 2.24. The third-order valence-electron chi connectivity index (χ3n) is 3.98. The van der Waals surface area contributed by atoms with E-state index in [1.54, 1.807) is 14.2 Å². The Balaban J connectivity index is 0.00000576. The van der Waals surface area contributed by atoms with Crippen molar-refractivity contribution >= 4 is 29.9 Å². The van der Waals surface area contributed by atoms with Gasteiger partial charge in [0.1, 0.15) is 0 Å². The number of hydrogen-bond acceptors (Lipinski definition) is 3. The fourth-order valence-corrected chi connectivity index (χ4v) is 2.56. The van der Waals surface area contributed by atoms with Crippen LogP contribution in [0.4, 0.5) is 0 Å². The minimum Gasteiger partial charge on any atom is -0.379 e. The topological polar surface area (TPSA) is 48.9 Å². The second-order valence-electron chi connectivity index (χ2n) is 7.40. The third kappa shape index (κ3) is 8.87. The van der Waals surface area contributed by atoms with Crippen LogP contribution < -0.4 is 10.6 Å². The first-order valence-electron chi connectivity index (χ1n) is 8.46.